The lowest BCUT2D eigenvalue weighted by atomic mass is 10.0. The fourth-order valence-electron chi connectivity index (χ4n) is 2.87. The minimum absolute atomic E-state index is 0.128. The number of hydrogen-bond acceptors (Lipinski definition) is 4. The van der Waals surface area contributed by atoms with E-state index in [1.54, 1.807) is 12.1 Å². The number of benzene rings is 2. The van der Waals surface area contributed by atoms with Crippen LogP contribution in [0.25, 0.3) is 0 Å². The zero-order valence-corrected chi connectivity index (χ0v) is 17.2. The van der Waals surface area contributed by atoms with Crippen molar-refractivity contribution in [2.24, 2.45) is 0 Å². The molecule has 2 amide bonds. The highest BCUT2D eigenvalue weighted by Crippen LogP contribution is 2.17. The third-order valence-corrected chi connectivity index (χ3v) is 4.64. The molecule has 2 aromatic rings. The molecule has 6 nitrogen and oxygen atoms in total. The Labute approximate surface area is 171 Å². The first-order valence-corrected chi connectivity index (χ1v) is 9.76. The molecule has 0 bridgehead atoms. The molecule has 0 saturated heterocycles. The van der Waals surface area contributed by atoms with Gasteiger partial charge in [-0.1, -0.05) is 49.7 Å². The second kappa shape index (κ2) is 11.0. The average molecular weight is 396 g/mol. The largest absolute Gasteiger partial charge is 0.454 e. The van der Waals surface area contributed by atoms with Gasteiger partial charge in [0.05, 0.1) is 6.04 Å². The fraction of sp³-hybridized carbons (Fsp3) is 0.348. The molecule has 0 aliphatic rings. The van der Waals surface area contributed by atoms with Crippen LogP contribution in [0.2, 0.25) is 0 Å². The van der Waals surface area contributed by atoms with Crippen molar-refractivity contribution in [1.82, 2.24) is 10.6 Å². The number of amides is 2. The molecule has 0 aliphatic carbocycles. The molecule has 1 atom stereocenters. The quantitative estimate of drug-likeness (QED) is 0.638. The predicted octanol–water partition coefficient (Wildman–Crippen LogP) is 3.23. The summed E-state index contributed by atoms with van der Waals surface area (Å²) in [4.78, 5) is 36.2. The summed E-state index contributed by atoms with van der Waals surface area (Å²) < 4.78 is 4.98. The zero-order valence-electron chi connectivity index (χ0n) is 17.2. The maximum absolute atomic E-state index is 12.2. The summed E-state index contributed by atoms with van der Waals surface area (Å²) in [5, 5.41) is 5.40. The SMILES string of the molecule is CCC[C@@H](NC(=O)COC(=O)CNC(=O)c1ccc(C)c(C)c1)c1ccccc1. The third kappa shape index (κ3) is 7.07. The number of carbonyl (C=O) groups excluding carboxylic acids is 3. The molecule has 29 heavy (non-hydrogen) atoms. The van der Waals surface area contributed by atoms with Crippen LogP contribution in [0.1, 0.15) is 52.9 Å². The number of carbonyl (C=O) groups is 3. The van der Waals surface area contributed by atoms with Gasteiger partial charge in [0.15, 0.2) is 6.61 Å². The molecule has 0 fully saturated rings. The van der Waals surface area contributed by atoms with Crippen molar-refractivity contribution in [3.05, 3.63) is 70.8 Å². The van der Waals surface area contributed by atoms with Crippen LogP contribution in [0.4, 0.5) is 0 Å². The topological polar surface area (TPSA) is 84.5 Å². The fourth-order valence-corrected chi connectivity index (χ4v) is 2.87. The molecule has 154 valence electrons. The van der Waals surface area contributed by atoms with E-state index in [0.717, 1.165) is 29.5 Å². The number of ether oxygens (including phenoxy) is 1. The lowest BCUT2D eigenvalue weighted by Crippen LogP contribution is -2.35. The van der Waals surface area contributed by atoms with Crippen molar-refractivity contribution in [3.8, 4) is 0 Å². The molecule has 0 spiro atoms. The van der Waals surface area contributed by atoms with Gasteiger partial charge in [0, 0.05) is 5.56 Å². The third-order valence-electron chi connectivity index (χ3n) is 4.64. The van der Waals surface area contributed by atoms with Gasteiger partial charge in [-0.25, -0.2) is 0 Å². The van der Waals surface area contributed by atoms with Gasteiger partial charge < -0.3 is 15.4 Å². The molecular weight excluding hydrogens is 368 g/mol. The molecule has 2 aromatic carbocycles. The molecule has 0 aliphatic heterocycles. The standard InChI is InChI=1S/C23H28N2O4/c1-4-8-20(18-9-6-5-7-10-18)25-21(26)15-29-22(27)14-24-23(28)19-12-11-16(2)17(3)13-19/h5-7,9-13,20H,4,8,14-15H2,1-3H3,(H,24,28)(H,25,26)/t20-/m1/s1. The van der Waals surface area contributed by atoms with Gasteiger partial charge >= 0.3 is 5.97 Å². The van der Waals surface area contributed by atoms with E-state index in [1.165, 1.54) is 0 Å². The van der Waals surface area contributed by atoms with Gasteiger partial charge in [-0.15, -0.1) is 0 Å². The van der Waals surface area contributed by atoms with Crippen LogP contribution in [-0.2, 0) is 14.3 Å². The van der Waals surface area contributed by atoms with Crippen LogP contribution in [0.5, 0.6) is 0 Å². The normalized spacial score (nSPS) is 11.4. The van der Waals surface area contributed by atoms with Crippen LogP contribution < -0.4 is 10.6 Å². The van der Waals surface area contributed by atoms with Crippen LogP contribution in [0.3, 0.4) is 0 Å². The lowest BCUT2D eigenvalue weighted by molar-refractivity contribution is -0.147. The van der Waals surface area contributed by atoms with E-state index >= 15 is 0 Å². The van der Waals surface area contributed by atoms with E-state index in [0.29, 0.717) is 5.56 Å². The monoisotopic (exact) mass is 396 g/mol. The Balaban J connectivity index is 1.78. The Morgan fingerprint density at radius 3 is 2.38 bits per heavy atom. The van der Waals surface area contributed by atoms with Gasteiger partial charge in [0.25, 0.3) is 11.8 Å². The van der Waals surface area contributed by atoms with Gasteiger partial charge in [0.2, 0.25) is 0 Å². The first-order valence-electron chi connectivity index (χ1n) is 9.76. The van der Waals surface area contributed by atoms with Crippen LogP contribution in [-0.4, -0.2) is 30.9 Å². The second-order valence-corrected chi connectivity index (χ2v) is 6.96. The molecular formula is C23H28N2O4. The number of rotatable bonds is 9. The minimum atomic E-state index is -0.663. The highest BCUT2D eigenvalue weighted by atomic mass is 16.5. The van der Waals surface area contributed by atoms with Gasteiger partial charge in [-0.3, -0.25) is 14.4 Å². The van der Waals surface area contributed by atoms with Gasteiger partial charge in [-0.05, 0) is 49.1 Å². The predicted molar refractivity (Wildman–Crippen MR) is 111 cm³/mol. The first kappa shape index (κ1) is 22.1. The number of esters is 1. The second-order valence-electron chi connectivity index (χ2n) is 6.96. The van der Waals surface area contributed by atoms with E-state index in [2.05, 4.69) is 10.6 Å². The highest BCUT2D eigenvalue weighted by Gasteiger charge is 2.15. The Morgan fingerprint density at radius 1 is 1.00 bits per heavy atom. The van der Waals surface area contributed by atoms with Crippen molar-refractivity contribution < 1.29 is 19.1 Å². The van der Waals surface area contributed by atoms with Crippen molar-refractivity contribution in [2.75, 3.05) is 13.2 Å². The van der Waals surface area contributed by atoms with Gasteiger partial charge in [0.1, 0.15) is 6.54 Å². The summed E-state index contributed by atoms with van der Waals surface area (Å²) in [6, 6.07) is 14.9. The van der Waals surface area contributed by atoms with Crippen LogP contribution >= 0.6 is 0 Å². The highest BCUT2D eigenvalue weighted by molar-refractivity contribution is 5.96. The molecule has 2 N–H and O–H groups in total. The minimum Gasteiger partial charge on any atom is -0.454 e. The Morgan fingerprint density at radius 2 is 1.72 bits per heavy atom. The average Bonchev–Trinajstić information content (AvgIpc) is 2.72. The number of hydrogen-bond donors (Lipinski definition) is 2. The van der Waals surface area contributed by atoms with Crippen LogP contribution in [0.15, 0.2) is 48.5 Å². The first-order chi connectivity index (χ1) is 13.9. The molecule has 0 radical (unpaired) electrons. The lowest BCUT2D eigenvalue weighted by Gasteiger charge is -2.18. The molecule has 0 aromatic heterocycles. The summed E-state index contributed by atoms with van der Waals surface area (Å²) in [6.07, 6.45) is 1.69. The summed E-state index contributed by atoms with van der Waals surface area (Å²) in [5.41, 5.74) is 3.57. The Kier molecular flexibility index (Phi) is 8.40. The number of nitrogens with one attached hydrogen (secondary N) is 2. The maximum Gasteiger partial charge on any atom is 0.325 e. The number of aryl methyl sites for hydroxylation is 2. The zero-order chi connectivity index (χ0) is 21.2. The smallest absolute Gasteiger partial charge is 0.325 e. The summed E-state index contributed by atoms with van der Waals surface area (Å²) >= 11 is 0. The molecule has 6 heteroatoms. The van der Waals surface area contributed by atoms with E-state index in [4.69, 9.17) is 4.74 Å². The van der Waals surface area contributed by atoms with E-state index in [9.17, 15) is 14.4 Å². The van der Waals surface area contributed by atoms with Gasteiger partial charge in [-0.2, -0.15) is 0 Å². The van der Waals surface area contributed by atoms with E-state index < -0.39 is 5.97 Å². The van der Waals surface area contributed by atoms with Crippen molar-refractivity contribution >= 4 is 17.8 Å². The van der Waals surface area contributed by atoms with Crippen molar-refractivity contribution in [2.45, 2.75) is 39.7 Å². The van der Waals surface area contributed by atoms with Crippen molar-refractivity contribution in [1.29, 1.82) is 0 Å². The summed E-state index contributed by atoms with van der Waals surface area (Å²) in [6.45, 7) is 5.24. The molecule has 0 unspecified atom stereocenters. The summed E-state index contributed by atoms with van der Waals surface area (Å²) in [7, 11) is 0. The van der Waals surface area contributed by atoms with Crippen molar-refractivity contribution in [3.63, 3.8) is 0 Å². The Bertz CT molecular complexity index is 849. The van der Waals surface area contributed by atoms with E-state index in [1.807, 2.05) is 57.2 Å². The maximum atomic E-state index is 12.2. The molecule has 2 rings (SSSR count). The van der Waals surface area contributed by atoms with Crippen LogP contribution in [0, 0.1) is 13.8 Å². The molecule has 0 heterocycles. The van der Waals surface area contributed by atoms with E-state index in [-0.39, 0.29) is 31.0 Å². The molecule has 0 saturated carbocycles. The Hall–Kier alpha value is -3.15. The summed E-state index contributed by atoms with van der Waals surface area (Å²) in [5.74, 6) is -1.40.